The number of hydrogen-bond acceptors (Lipinski definition) is 3. The van der Waals surface area contributed by atoms with Crippen molar-refractivity contribution in [2.45, 2.75) is 13.5 Å². The fourth-order valence-electron chi connectivity index (χ4n) is 0.668. The molecule has 0 fully saturated rings. The molecule has 0 atom stereocenters. The number of esters is 1. The lowest BCUT2D eigenvalue weighted by molar-refractivity contribution is -0.142. The molecule has 0 amide bonds. The van der Waals surface area contributed by atoms with Crippen molar-refractivity contribution in [1.82, 2.24) is 4.98 Å². The number of halogens is 1. The molecule has 1 heterocycles. The number of hydrogen-bond donors (Lipinski definition) is 0. The molecule has 1 aromatic heterocycles. The second-order valence-electron chi connectivity index (χ2n) is 2.14. The van der Waals surface area contributed by atoms with Gasteiger partial charge in [-0.3, -0.25) is 9.78 Å². The Hall–Kier alpha value is -1.09. The molecule has 0 unspecified atom stereocenters. The van der Waals surface area contributed by atoms with E-state index in [1.165, 1.54) is 6.92 Å². The average molecular weight is 188 g/mol. The molecule has 66 valence electrons. The molecule has 0 N–H and O–H groups in total. The Labute approximate surface area is 77.2 Å². The Morgan fingerprint density at radius 2 is 2.42 bits per heavy atom. The molecule has 1 rings (SSSR count). The quantitative estimate of drug-likeness (QED) is 0.660. The normalized spacial score (nSPS) is 8.42. The molecule has 0 spiro atoms. The zero-order valence-corrected chi connectivity index (χ0v) is 7.50. The Bertz CT molecular complexity index is 238. The third-order valence-corrected chi connectivity index (χ3v) is 1.16. The minimum absolute atomic E-state index is 0. The van der Waals surface area contributed by atoms with Crippen molar-refractivity contribution in [1.29, 1.82) is 0 Å². The van der Waals surface area contributed by atoms with Gasteiger partial charge in [-0.2, -0.15) is 0 Å². The fraction of sp³-hybridized carbons (Fsp3) is 0.250. The van der Waals surface area contributed by atoms with Gasteiger partial charge in [-0.25, -0.2) is 0 Å². The second kappa shape index (κ2) is 5.55. The highest BCUT2D eigenvalue weighted by atomic mass is 35.5. The number of carbonyl (C=O) groups is 1. The van der Waals surface area contributed by atoms with Gasteiger partial charge in [-0.05, 0) is 6.07 Å². The van der Waals surface area contributed by atoms with Crippen LogP contribution in [-0.2, 0) is 16.1 Å². The minimum Gasteiger partial charge on any atom is -0.461 e. The number of aromatic nitrogens is 1. The minimum atomic E-state index is -0.270. The van der Waals surface area contributed by atoms with E-state index in [1.54, 1.807) is 18.5 Å². The summed E-state index contributed by atoms with van der Waals surface area (Å²) >= 11 is 0. The van der Waals surface area contributed by atoms with Crippen LogP contribution in [-0.4, -0.2) is 11.0 Å². The highest BCUT2D eigenvalue weighted by molar-refractivity contribution is 5.85. The van der Waals surface area contributed by atoms with E-state index >= 15 is 0 Å². The molecule has 12 heavy (non-hydrogen) atoms. The first-order valence-electron chi connectivity index (χ1n) is 3.31. The Balaban J connectivity index is 0.00000121. The highest BCUT2D eigenvalue weighted by Crippen LogP contribution is 1.97. The van der Waals surface area contributed by atoms with Crippen molar-refractivity contribution in [2.24, 2.45) is 0 Å². The summed E-state index contributed by atoms with van der Waals surface area (Å²) in [6.45, 7) is 1.69. The Morgan fingerprint density at radius 3 is 2.92 bits per heavy atom. The van der Waals surface area contributed by atoms with Crippen LogP contribution in [0.4, 0.5) is 0 Å². The van der Waals surface area contributed by atoms with Gasteiger partial charge >= 0.3 is 5.97 Å². The van der Waals surface area contributed by atoms with E-state index in [0.717, 1.165) is 5.56 Å². The molecule has 0 aliphatic rings. The summed E-state index contributed by atoms with van der Waals surface area (Å²) in [5, 5.41) is 0. The zero-order chi connectivity index (χ0) is 8.10. The van der Waals surface area contributed by atoms with Gasteiger partial charge in [0.25, 0.3) is 0 Å². The van der Waals surface area contributed by atoms with Crippen molar-refractivity contribution in [3.63, 3.8) is 0 Å². The molecule has 0 bridgehead atoms. The van der Waals surface area contributed by atoms with Crippen molar-refractivity contribution in [3.8, 4) is 0 Å². The number of ether oxygens (including phenoxy) is 1. The first-order valence-corrected chi connectivity index (χ1v) is 3.31. The molecule has 0 aliphatic heterocycles. The topological polar surface area (TPSA) is 39.2 Å². The molecule has 0 aromatic carbocycles. The summed E-state index contributed by atoms with van der Waals surface area (Å²) in [4.78, 5) is 14.2. The number of rotatable bonds is 2. The third kappa shape index (κ3) is 3.93. The van der Waals surface area contributed by atoms with Gasteiger partial charge in [0.1, 0.15) is 6.61 Å². The Kier molecular flexibility index (Phi) is 5.04. The Morgan fingerprint density at radius 1 is 1.67 bits per heavy atom. The van der Waals surface area contributed by atoms with Crippen LogP contribution in [0.2, 0.25) is 0 Å². The largest absolute Gasteiger partial charge is 0.461 e. The lowest BCUT2D eigenvalue weighted by atomic mass is 10.3. The number of pyridine rings is 1. The predicted molar refractivity (Wildman–Crippen MR) is 47.0 cm³/mol. The van der Waals surface area contributed by atoms with E-state index in [2.05, 4.69) is 4.98 Å². The van der Waals surface area contributed by atoms with Gasteiger partial charge in [0.05, 0.1) is 0 Å². The molecule has 3 nitrogen and oxygen atoms in total. The predicted octanol–water partition coefficient (Wildman–Crippen LogP) is 1.57. The molecule has 0 aliphatic carbocycles. The van der Waals surface area contributed by atoms with Crippen molar-refractivity contribution >= 4 is 18.4 Å². The maximum atomic E-state index is 10.4. The first-order chi connectivity index (χ1) is 5.29. The van der Waals surface area contributed by atoms with Crippen LogP contribution in [0.3, 0.4) is 0 Å². The second-order valence-corrected chi connectivity index (χ2v) is 2.14. The average Bonchev–Trinajstić information content (AvgIpc) is 2.03. The first kappa shape index (κ1) is 10.9. The van der Waals surface area contributed by atoms with E-state index in [-0.39, 0.29) is 18.4 Å². The smallest absolute Gasteiger partial charge is 0.302 e. The van der Waals surface area contributed by atoms with Crippen LogP contribution in [0.5, 0.6) is 0 Å². The van der Waals surface area contributed by atoms with Crippen LogP contribution in [0.25, 0.3) is 0 Å². The van der Waals surface area contributed by atoms with E-state index in [4.69, 9.17) is 4.74 Å². The van der Waals surface area contributed by atoms with Crippen LogP contribution < -0.4 is 0 Å². The zero-order valence-electron chi connectivity index (χ0n) is 6.69. The van der Waals surface area contributed by atoms with Gasteiger partial charge in [0.15, 0.2) is 0 Å². The van der Waals surface area contributed by atoms with E-state index in [0.29, 0.717) is 6.61 Å². The van der Waals surface area contributed by atoms with Gasteiger partial charge in [-0.1, -0.05) is 6.07 Å². The summed E-state index contributed by atoms with van der Waals surface area (Å²) < 4.78 is 4.75. The standard InChI is InChI=1S/C8H9NO2.ClH/c1-7(10)11-6-8-3-2-4-9-5-8;/h2-5H,6H2,1H3;1H. The summed E-state index contributed by atoms with van der Waals surface area (Å²) in [6, 6.07) is 3.66. The number of nitrogens with zero attached hydrogens (tertiary/aromatic N) is 1. The third-order valence-electron chi connectivity index (χ3n) is 1.16. The van der Waals surface area contributed by atoms with Crippen LogP contribution >= 0.6 is 12.4 Å². The fourth-order valence-corrected chi connectivity index (χ4v) is 0.668. The van der Waals surface area contributed by atoms with E-state index < -0.39 is 0 Å². The van der Waals surface area contributed by atoms with Gasteiger partial charge < -0.3 is 4.74 Å². The summed E-state index contributed by atoms with van der Waals surface area (Å²) in [7, 11) is 0. The van der Waals surface area contributed by atoms with Crippen molar-refractivity contribution in [2.75, 3.05) is 0 Å². The van der Waals surface area contributed by atoms with Gasteiger partial charge in [0.2, 0.25) is 0 Å². The summed E-state index contributed by atoms with van der Waals surface area (Å²) in [6.07, 6.45) is 3.35. The molecular formula is C8H10ClNO2. The van der Waals surface area contributed by atoms with Gasteiger partial charge in [-0.15, -0.1) is 12.4 Å². The molecule has 0 radical (unpaired) electrons. The van der Waals surface area contributed by atoms with Crippen LogP contribution in [0, 0.1) is 0 Å². The van der Waals surface area contributed by atoms with E-state index in [9.17, 15) is 4.79 Å². The lowest BCUT2D eigenvalue weighted by Gasteiger charge is -1.99. The van der Waals surface area contributed by atoms with Crippen molar-refractivity contribution in [3.05, 3.63) is 30.1 Å². The monoisotopic (exact) mass is 187 g/mol. The summed E-state index contributed by atoms with van der Waals surface area (Å²) in [5.74, 6) is -0.270. The molecular weight excluding hydrogens is 178 g/mol. The molecule has 4 heteroatoms. The summed E-state index contributed by atoms with van der Waals surface area (Å²) in [5.41, 5.74) is 0.905. The maximum Gasteiger partial charge on any atom is 0.302 e. The number of carbonyl (C=O) groups excluding carboxylic acids is 1. The SMILES string of the molecule is CC(=O)OCc1cccnc1.Cl. The highest BCUT2D eigenvalue weighted by Gasteiger charge is 1.93. The van der Waals surface area contributed by atoms with Gasteiger partial charge in [0, 0.05) is 24.9 Å². The molecule has 1 aromatic rings. The van der Waals surface area contributed by atoms with Crippen LogP contribution in [0.15, 0.2) is 24.5 Å². The van der Waals surface area contributed by atoms with Crippen LogP contribution in [0.1, 0.15) is 12.5 Å². The lowest BCUT2D eigenvalue weighted by Crippen LogP contribution is -1.98. The molecule has 0 saturated heterocycles. The van der Waals surface area contributed by atoms with E-state index in [1.807, 2.05) is 6.07 Å². The maximum absolute atomic E-state index is 10.4. The van der Waals surface area contributed by atoms with Crippen molar-refractivity contribution < 1.29 is 9.53 Å². The molecule has 0 saturated carbocycles.